The van der Waals surface area contributed by atoms with Crippen molar-refractivity contribution < 1.29 is 49.3 Å². The average Bonchev–Trinajstić information content (AvgIpc) is 3.10. The zero-order valence-corrected chi connectivity index (χ0v) is 29.8. The summed E-state index contributed by atoms with van der Waals surface area (Å²) in [5.74, 6) is -0.559. The summed E-state index contributed by atoms with van der Waals surface area (Å²) in [6.07, 6.45) is 10.1. The van der Waals surface area contributed by atoms with Gasteiger partial charge in [0, 0.05) is 6.42 Å². The van der Waals surface area contributed by atoms with Crippen molar-refractivity contribution in [3.8, 4) is 0 Å². The van der Waals surface area contributed by atoms with Crippen LogP contribution in [-0.2, 0) is 20.7 Å². The Bertz CT molecular complexity index is 969. The number of aliphatic hydroxyl groups is 6. The molecule has 0 spiro atoms. The van der Waals surface area contributed by atoms with Crippen LogP contribution in [0, 0.1) is 5.82 Å². The molecule has 0 saturated carbocycles. The number of halogens is 1. The maximum Gasteiger partial charge on any atom is 0.220 e. The molecule has 7 N–H and O–H groups in total. The first kappa shape index (κ1) is 43.5. The van der Waals surface area contributed by atoms with Crippen molar-refractivity contribution in [3.63, 3.8) is 0 Å². The van der Waals surface area contributed by atoms with E-state index in [1.165, 1.54) is 63.5 Å². The summed E-state index contributed by atoms with van der Waals surface area (Å²) in [5, 5.41) is 64.7. The van der Waals surface area contributed by atoms with E-state index in [1.807, 2.05) is 0 Å². The van der Waals surface area contributed by atoms with Crippen molar-refractivity contribution in [1.82, 2.24) is 5.32 Å². The van der Waals surface area contributed by atoms with E-state index in [1.54, 1.807) is 12.1 Å². The van der Waals surface area contributed by atoms with Crippen molar-refractivity contribution in [2.75, 3.05) is 13.2 Å². The van der Waals surface area contributed by atoms with Gasteiger partial charge >= 0.3 is 0 Å². The normalized spacial score (nSPS) is 22.9. The second-order valence-electron chi connectivity index (χ2n) is 13.8. The van der Waals surface area contributed by atoms with Crippen LogP contribution in [0.1, 0.15) is 134 Å². The van der Waals surface area contributed by atoms with Gasteiger partial charge in [0.1, 0.15) is 36.3 Å². The molecule has 284 valence electrons. The molecule has 2 unspecified atom stereocenters. The Morgan fingerprint density at radius 3 is 1.94 bits per heavy atom. The molecule has 1 saturated heterocycles. The molecule has 2 rings (SSSR count). The molecule has 0 radical (unpaired) electrons. The lowest BCUT2D eigenvalue weighted by Gasteiger charge is -2.40. The molecule has 8 atom stereocenters. The third-order valence-electron chi connectivity index (χ3n) is 9.58. The number of carbonyl (C=O) groups is 1. The summed E-state index contributed by atoms with van der Waals surface area (Å²) in [6, 6.07) is 5.49. The molecule has 1 aromatic rings. The largest absolute Gasteiger partial charge is 0.394 e. The van der Waals surface area contributed by atoms with E-state index in [4.69, 9.17) is 9.47 Å². The van der Waals surface area contributed by atoms with Gasteiger partial charge in [0.25, 0.3) is 0 Å². The second kappa shape index (κ2) is 26.1. The van der Waals surface area contributed by atoms with Crippen LogP contribution in [-0.4, -0.2) is 98.7 Å². The Morgan fingerprint density at radius 1 is 0.796 bits per heavy atom. The third-order valence-corrected chi connectivity index (χ3v) is 9.58. The third kappa shape index (κ3) is 17.9. The molecule has 1 heterocycles. The first-order valence-electron chi connectivity index (χ1n) is 19.0. The van der Waals surface area contributed by atoms with Gasteiger partial charge in [0.2, 0.25) is 5.91 Å². The van der Waals surface area contributed by atoms with E-state index in [0.717, 1.165) is 63.4 Å². The molecule has 11 heteroatoms. The number of ether oxygens (including phenoxy) is 2. The molecule has 0 bridgehead atoms. The zero-order chi connectivity index (χ0) is 35.9. The number of amides is 1. The van der Waals surface area contributed by atoms with E-state index >= 15 is 0 Å². The Labute approximate surface area is 293 Å². The first-order valence-corrected chi connectivity index (χ1v) is 19.0. The lowest BCUT2D eigenvalue weighted by molar-refractivity contribution is -0.303. The molecule has 1 amide bonds. The minimum Gasteiger partial charge on any atom is -0.394 e. The Morgan fingerprint density at radius 2 is 1.35 bits per heavy atom. The van der Waals surface area contributed by atoms with Crippen LogP contribution in [0.5, 0.6) is 0 Å². The van der Waals surface area contributed by atoms with Gasteiger partial charge in [-0.1, -0.05) is 115 Å². The minimum atomic E-state index is -1.62. The number of hydrogen-bond acceptors (Lipinski definition) is 9. The summed E-state index contributed by atoms with van der Waals surface area (Å²) in [7, 11) is 0. The lowest BCUT2D eigenvalue weighted by Crippen LogP contribution is -2.60. The van der Waals surface area contributed by atoms with Crippen molar-refractivity contribution in [1.29, 1.82) is 0 Å². The van der Waals surface area contributed by atoms with E-state index in [0.29, 0.717) is 12.8 Å². The zero-order valence-electron chi connectivity index (χ0n) is 29.8. The Balaban J connectivity index is 1.77. The highest BCUT2D eigenvalue weighted by molar-refractivity contribution is 5.76. The van der Waals surface area contributed by atoms with Gasteiger partial charge in [-0.3, -0.25) is 4.79 Å². The fourth-order valence-electron chi connectivity index (χ4n) is 6.34. The van der Waals surface area contributed by atoms with Gasteiger partial charge in [-0.2, -0.15) is 0 Å². The minimum absolute atomic E-state index is 0.218. The number of unbranched alkanes of at least 4 members (excludes halogenated alkanes) is 15. The lowest BCUT2D eigenvalue weighted by atomic mass is 9.98. The highest BCUT2D eigenvalue weighted by atomic mass is 19.1. The number of aliphatic hydroxyl groups excluding tert-OH is 6. The number of nitrogens with one attached hydrogen (secondary N) is 1. The Kier molecular flexibility index (Phi) is 23.2. The maximum absolute atomic E-state index is 13.1. The summed E-state index contributed by atoms with van der Waals surface area (Å²) in [5.41, 5.74) is 1.09. The van der Waals surface area contributed by atoms with E-state index in [-0.39, 0.29) is 24.8 Å². The van der Waals surface area contributed by atoms with Crippen molar-refractivity contribution in [2.24, 2.45) is 0 Å². The molecule has 49 heavy (non-hydrogen) atoms. The van der Waals surface area contributed by atoms with Crippen LogP contribution in [0.4, 0.5) is 4.39 Å². The highest BCUT2D eigenvalue weighted by Crippen LogP contribution is 2.23. The van der Waals surface area contributed by atoms with Gasteiger partial charge in [0.15, 0.2) is 6.29 Å². The summed E-state index contributed by atoms with van der Waals surface area (Å²) in [4.78, 5) is 12.9. The van der Waals surface area contributed by atoms with Gasteiger partial charge in [-0.15, -0.1) is 0 Å². The molecular weight excluding hydrogens is 633 g/mol. The quantitative estimate of drug-likeness (QED) is 0.0607. The van der Waals surface area contributed by atoms with E-state index in [9.17, 15) is 39.8 Å². The average molecular weight is 700 g/mol. The summed E-state index contributed by atoms with van der Waals surface area (Å²) < 4.78 is 24.1. The molecular formula is C38H66FNO9. The van der Waals surface area contributed by atoms with Crippen molar-refractivity contribution in [2.45, 2.75) is 184 Å². The number of benzene rings is 1. The number of hydrogen-bond donors (Lipinski definition) is 7. The number of carbonyl (C=O) groups excluding carboxylic acids is 1. The number of rotatable bonds is 28. The van der Waals surface area contributed by atoms with Gasteiger partial charge in [-0.25, -0.2) is 4.39 Å². The van der Waals surface area contributed by atoms with Crippen LogP contribution in [0.15, 0.2) is 24.3 Å². The molecule has 1 aliphatic heterocycles. The predicted molar refractivity (Wildman–Crippen MR) is 187 cm³/mol. The summed E-state index contributed by atoms with van der Waals surface area (Å²) in [6.45, 7) is 1.27. The van der Waals surface area contributed by atoms with E-state index < -0.39 is 55.6 Å². The highest BCUT2D eigenvalue weighted by Gasteiger charge is 2.44. The maximum atomic E-state index is 13.1. The first-order chi connectivity index (χ1) is 23.7. The standard InChI is InChI=1S/C38H66FNO9/c1-2-3-4-5-6-7-8-9-10-11-14-17-20-31(42)34(44)30(27-48-38-37(47)36(46)35(45)32(26-41)49-38)40-33(43)21-18-15-12-13-16-19-28-22-24-29(39)25-23-28/h22-25,30-32,34-38,41-42,44-47H,2-21,26-27H2,1H3,(H,40,43)/t30-,31+,32?,34-,35-,36-,37?,38-/m0/s1. The van der Waals surface area contributed by atoms with Crippen LogP contribution in [0.3, 0.4) is 0 Å². The molecule has 1 fully saturated rings. The molecule has 1 aliphatic rings. The van der Waals surface area contributed by atoms with Gasteiger partial charge in [0.05, 0.1) is 25.4 Å². The predicted octanol–water partition coefficient (Wildman–Crippen LogP) is 4.82. The SMILES string of the molecule is CCCCCCCCCCCCCC[C@@H](O)[C@@H](O)[C@H](CO[C@H]1OC(CO)[C@H](O)[C@H](O)C1O)NC(=O)CCCCCCCc1ccc(F)cc1. The van der Waals surface area contributed by atoms with Gasteiger partial charge in [-0.05, 0) is 43.4 Å². The molecule has 0 aliphatic carbocycles. The van der Waals surface area contributed by atoms with Crippen LogP contribution in [0.25, 0.3) is 0 Å². The Hall–Kier alpha value is -1.70. The fourth-order valence-corrected chi connectivity index (χ4v) is 6.34. The monoisotopic (exact) mass is 699 g/mol. The fraction of sp³-hybridized carbons (Fsp3) is 0.816. The smallest absolute Gasteiger partial charge is 0.220 e. The van der Waals surface area contributed by atoms with Gasteiger partial charge < -0.3 is 45.4 Å². The molecule has 0 aromatic heterocycles. The molecule has 1 aromatic carbocycles. The van der Waals surface area contributed by atoms with Crippen molar-refractivity contribution in [3.05, 3.63) is 35.6 Å². The van der Waals surface area contributed by atoms with E-state index in [2.05, 4.69) is 12.2 Å². The summed E-state index contributed by atoms with van der Waals surface area (Å²) >= 11 is 0. The second-order valence-corrected chi connectivity index (χ2v) is 13.8. The van der Waals surface area contributed by atoms with Crippen molar-refractivity contribution >= 4 is 5.91 Å². The molecule has 10 nitrogen and oxygen atoms in total. The van der Waals surface area contributed by atoms with Crippen LogP contribution in [0.2, 0.25) is 0 Å². The van der Waals surface area contributed by atoms with Crippen LogP contribution < -0.4 is 5.32 Å². The topological polar surface area (TPSA) is 169 Å². The number of aryl methyl sites for hydroxylation is 1. The van der Waals surface area contributed by atoms with Crippen LogP contribution >= 0.6 is 0 Å².